The molecule has 1 rings (SSSR count). The van der Waals surface area contributed by atoms with Crippen molar-refractivity contribution in [3.05, 3.63) is 18.3 Å². The van der Waals surface area contributed by atoms with E-state index in [4.69, 9.17) is 5.73 Å². The number of rotatable bonds is 5. The highest BCUT2D eigenvalue weighted by Gasteiger charge is 2.13. The molecule has 0 saturated carbocycles. The van der Waals surface area contributed by atoms with Crippen LogP contribution in [0.4, 0.5) is 11.5 Å². The number of carbonyl (C=O) groups is 1. The van der Waals surface area contributed by atoms with Crippen molar-refractivity contribution in [3.63, 3.8) is 0 Å². The van der Waals surface area contributed by atoms with Gasteiger partial charge in [-0.25, -0.2) is 4.98 Å². The predicted octanol–water partition coefficient (Wildman–Crippen LogP) is 0.968. The van der Waals surface area contributed by atoms with E-state index in [0.29, 0.717) is 12.2 Å². The average Bonchev–Trinajstić information content (AvgIpc) is 2.29. The molecule has 0 unspecified atom stereocenters. The first kappa shape index (κ1) is 13.3. The third-order valence-corrected chi connectivity index (χ3v) is 2.41. The SMILES string of the molecule is CCCN(CC(=O)N(C)C)c1ccc(N)cn1. The second kappa shape index (κ2) is 6.08. The molecule has 0 saturated heterocycles. The number of amides is 1. The van der Waals surface area contributed by atoms with Crippen LogP contribution in [0.15, 0.2) is 18.3 Å². The van der Waals surface area contributed by atoms with Crippen molar-refractivity contribution < 1.29 is 4.79 Å². The molecule has 0 bridgehead atoms. The van der Waals surface area contributed by atoms with Gasteiger partial charge in [-0.15, -0.1) is 0 Å². The third kappa shape index (κ3) is 3.94. The van der Waals surface area contributed by atoms with Crippen LogP contribution in [-0.2, 0) is 4.79 Å². The van der Waals surface area contributed by atoms with Gasteiger partial charge in [-0.1, -0.05) is 6.92 Å². The Hall–Kier alpha value is -1.78. The molecule has 94 valence electrons. The van der Waals surface area contributed by atoms with Crippen LogP contribution in [0.1, 0.15) is 13.3 Å². The zero-order valence-electron chi connectivity index (χ0n) is 10.7. The predicted molar refractivity (Wildman–Crippen MR) is 69.8 cm³/mol. The van der Waals surface area contributed by atoms with E-state index in [2.05, 4.69) is 11.9 Å². The Labute approximate surface area is 102 Å². The molecule has 0 aliphatic heterocycles. The highest BCUT2D eigenvalue weighted by Crippen LogP contribution is 2.12. The number of anilines is 2. The van der Waals surface area contributed by atoms with Gasteiger partial charge in [0.1, 0.15) is 5.82 Å². The van der Waals surface area contributed by atoms with E-state index >= 15 is 0 Å². The summed E-state index contributed by atoms with van der Waals surface area (Å²) < 4.78 is 0. The smallest absolute Gasteiger partial charge is 0.241 e. The van der Waals surface area contributed by atoms with Crippen LogP contribution < -0.4 is 10.6 Å². The number of aromatic nitrogens is 1. The lowest BCUT2D eigenvalue weighted by molar-refractivity contribution is -0.127. The Bertz CT molecular complexity index is 361. The Morgan fingerprint density at radius 2 is 2.12 bits per heavy atom. The zero-order chi connectivity index (χ0) is 12.8. The van der Waals surface area contributed by atoms with Crippen molar-refractivity contribution in [3.8, 4) is 0 Å². The van der Waals surface area contributed by atoms with Crippen molar-refractivity contribution in [2.45, 2.75) is 13.3 Å². The highest BCUT2D eigenvalue weighted by molar-refractivity contribution is 5.80. The molecule has 0 aliphatic carbocycles. The second-order valence-corrected chi connectivity index (χ2v) is 4.16. The van der Waals surface area contributed by atoms with Gasteiger partial charge in [-0.3, -0.25) is 4.79 Å². The van der Waals surface area contributed by atoms with Crippen molar-refractivity contribution >= 4 is 17.4 Å². The molecule has 1 aromatic rings. The van der Waals surface area contributed by atoms with Gasteiger partial charge < -0.3 is 15.5 Å². The summed E-state index contributed by atoms with van der Waals surface area (Å²) in [6.45, 7) is 3.22. The summed E-state index contributed by atoms with van der Waals surface area (Å²) in [6, 6.07) is 3.64. The van der Waals surface area contributed by atoms with Crippen LogP contribution in [0.5, 0.6) is 0 Å². The van der Waals surface area contributed by atoms with Crippen LogP contribution in [0.2, 0.25) is 0 Å². The minimum absolute atomic E-state index is 0.0667. The molecule has 0 radical (unpaired) electrons. The molecule has 0 atom stereocenters. The van der Waals surface area contributed by atoms with E-state index in [0.717, 1.165) is 18.8 Å². The molecule has 5 nitrogen and oxygen atoms in total. The molecule has 0 aliphatic rings. The molecule has 5 heteroatoms. The quantitative estimate of drug-likeness (QED) is 0.827. The molecule has 0 aromatic carbocycles. The molecule has 0 spiro atoms. The van der Waals surface area contributed by atoms with E-state index in [1.807, 2.05) is 11.0 Å². The van der Waals surface area contributed by atoms with Gasteiger partial charge in [-0.2, -0.15) is 0 Å². The number of pyridine rings is 1. The summed E-state index contributed by atoms with van der Waals surface area (Å²) in [5.74, 6) is 0.855. The Morgan fingerprint density at radius 1 is 1.41 bits per heavy atom. The maximum absolute atomic E-state index is 11.7. The van der Waals surface area contributed by atoms with Crippen molar-refractivity contribution in [2.24, 2.45) is 0 Å². The fraction of sp³-hybridized carbons (Fsp3) is 0.500. The number of hydrogen-bond acceptors (Lipinski definition) is 4. The minimum Gasteiger partial charge on any atom is -0.397 e. The van der Waals surface area contributed by atoms with E-state index in [1.54, 1.807) is 31.3 Å². The summed E-state index contributed by atoms with van der Waals surface area (Å²) in [4.78, 5) is 19.5. The van der Waals surface area contributed by atoms with Crippen molar-refractivity contribution in [2.75, 3.05) is 37.8 Å². The maximum Gasteiger partial charge on any atom is 0.241 e. The number of likely N-dealkylation sites (N-methyl/N-ethyl adjacent to an activating group) is 1. The van der Waals surface area contributed by atoms with Gasteiger partial charge >= 0.3 is 0 Å². The van der Waals surface area contributed by atoms with E-state index in [1.165, 1.54) is 0 Å². The van der Waals surface area contributed by atoms with Gasteiger partial charge in [0.15, 0.2) is 0 Å². The molecule has 2 N–H and O–H groups in total. The summed E-state index contributed by atoms with van der Waals surface area (Å²) >= 11 is 0. The van der Waals surface area contributed by atoms with Crippen LogP contribution >= 0.6 is 0 Å². The lowest BCUT2D eigenvalue weighted by Crippen LogP contribution is -2.37. The number of hydrogen-bond donors (Lipinski definition) is 1. The molecule has 1 amide bonds. The van der Waals surface area contributed by atoms with Crippen molar-refractivity contribution in [1.29, 1.82) is 0 Å². The first-order chi connectivity index (χ1) is 8.04. The fourth-order valence-corrected chi connectivity index (χ4v) is 1.43. The Balaban J connectivity index is 2.78. The number of nitrogens with zero attached hydrogens (tertiary/aromatic N) is 3. The molecule has 0 fully saturated rings. The van der Waals surface area contributed by atoms with Crippen LogP contribution in [-0.4, -0.2) is 43.0 Å². The summed E-state index contributed by atoms with van der Waals surface area (Å²) in [7, 11) is 3.51. The van der Waals surface area contributed by atoms with Gasteiger partial charge in [0, 0.05) is 20.6 Å². The van der Waals surface area contributed by atoms with Crippen LogP contribution in [0, 0.1) is 0 Å². The van der Waals surface area contributed by atoms with Gasteiger partial charge in [0.25, 0.3) is 0 Å². The Morgan fingerprint density at radius 3 is 2.59 bits per heavy atom. The minimum atomic E-state index is 0.0667. The van der Waals surface area contributed by atoms with E-state index in [-0.39, 0.29) is 5.91 Å². The molecule has 1 aromatic heterocycles. The van der Waals surface area contributed by atoms with E-state index < -0.39 is 0 Å². The normalized spacial score (nSPS) is 10.1. The zero-order valence-corrected chi connectivity index (χ0v) is 10.7. The largest absolute Gasteiger partial charge is 0.397 e. The summed E-state index contributed by atoms with van der Waals surface area (Å²) in [5, 5.41) is 0. The number of nitrogen functional groups attached to an aromatic ring is 1. The fourth-order valence-electron chi connectivity index (χ4n) is 1.43. The molecule has 17 heavy (non-hydrogen) atoms. The average molecular weight is 236 g/mol. The Kier molecular flexibility index (Phi) is 4.75. The van der Waals surface area contributed by atoms with Gasteiger partial charge in [0.05, 0.1) is 18.4 Å². The third-order valence-electron chi connectivity index (χ3n) is 2.41. The first-order valence-corrected chi connectivity index (χ1v) is 5.71. The molecule has 1 heterocycles. The van der Waals surface area contributed by atoms with E-state index in [9.17, 15) is 4.79 Å². The standard InChI is InChI=1S/C12H20N4O/c1-4-7-16(9-12(17)15(2)3)11-6-5-10(13)8-14-11/h5-6,8H,4,7,9,13H2,1-3H3. The molecular formula is C12H20N4O. The lowest BCUT2D eigenvalue weighted by atomic mass is 10.3. The maximum atomic E-state index is 11.7. The lowest BCUT2D eigenvalue weighted by Gasteiger charge is -2.24. The topological polar surface area (TPSA) is 62.5 Å². The number of carbonyl (C=O) groups excluding carboxylic acids is 1. The summed E-state index contributed by atoms with van der Waals surface area (Å²) in [6.07, 6.45) is 2.57. The molecular weight excluding hydrogens is 216 g/mol. The number of nitrogens with two attached hydrogens (primary N) is 1. The summed E-state index contributed by atoms with van der Waals surface area (Å²) in [5.41, 5.74) is 6.22. The second-order valence-electron chi connectivity index (χ2n) is 4.16. The van der Waals surface area contributed by atoms with Crippen LogP contribution in [0.25, 0.3) is 0 Å². The monoisotopic (exact) mass is 236 g/mol. The van der Waals surface area contributed by atoms with Gasteiger partial charge in [0.2, 0.25) is 5.91 Å². The van der Waals surface area contributed by atoms with Crippen molar-refractivity contribution in [1.82, 2.24) is 9.88 Å². The van der Waals surface area contributed by atoms with Crippen LogP contribution in [0.3, 0.4) is 0 Å². The highest BCUT2D eigenvalue weighted by atomic mass is 16.2. The first-order valence-electron chi connectivity index (χ1n) is 5.71. The van der Waals surface area contributed by atoms with Gasteiger partial charge in [-0.05, 0) is 18.6 Å².